The van der Waals surface area contributed by atoms with Crippen molar-refractivity contribution in [2.24, 2.45) is 0 Å². The van der Waals surface area contributed by atoms with Crippen LogP contribution in [-0.4, -0.2) is 24.5 Å². The van der Waals surface area contributed by atoms with E-state index in [1.165, 1.54) is 0 Å². The van der Waals surface area contributed by atoms with Gasteiger partial charge in [-0.15, -0.1) is 0 Å². The van der Waals surface area contributed by atoms with Crippen LogP contribution in [0, 0.1) is 6.92 Å². The Morgan fingerprint density at radius 1 is 1.32 bits per heavy atom. The number of nitrogens with zero attached hydrogens (tertiary/aromatic N) is 1. The SMILES string of the molecule is Cc1ccc(N)c2ccnc(NCCCNC=O)c12. The summed E-state index contributed by atoms with van der Waals surface area (Å²) in [5.41, 5.74) is 7.89. The number of aromatic nitrogens is 1. The fraction of sp³-hybridized carbons (Fsp3) is 0.286. The quantitative estimate of drug-likeness (QED) is 0.418. The number of anilines is 2. The first-order valence-electron chi connectivity index (χ1n) is 6.28. The fourth-order valence-corrected chi connectivity index (χ4v) is 2.08. The van der Waals surface area contributed by atoms with Crippen LogP contribution in [0.1, 0.15) is 12.0 Å². The van der Waals surface area contributed by atoms with Gasteiger partial charge in [0.05, 0.1) is 0 Å². The van der Waals surface area contributed by atoms with Crippen molar-refractivity contribution in [3.63, 3.8) is 0 Å². The van der Waals surface area contributed by atoms with Crippen molar-refractivity contribution >= 4 is 28.7 Å². The molecule has 1 heterocycles. The van der Waals surface area contributed by atoms with Gasteiger partial charge in [-0.2, -0.15) is 0 Å². The number of carbonyl (C=O) groups excluding carboxylic acids is 1. The van der Waals surface area contributed by atoms with Gasteiger partial charge in [-0.3, -0.25) is 4.79 Å². The summed E-state index contributed by atoms with van der Waals surface area (Å²) >= 11 is 0. The highest BCUT2D eigenvalue weighted by Gasteiger charge is 2.07. The van der Waals surface area contributed by atoms with Crippen LogP contribution in [0.25, 0.3) is 10.8 Å². The number of hydrogen-bond donors (Lipinski definition) is 3. The first-order chi connectivity index (χ1) is 9.24. The molecule has 0 bridgehead atoms. The largest absolute Gasteiger partial charge is 0.398 e. The summed E-state index contributed by atoms with van der Waals surface area (Å²) in [7, 11) is 0. The highest BCUT2D eigenvalue weighted by Crippen LogP contribution is 2.28. The molecule has 1 amide bonds. The van der Waals surface area contributed by atoms with E-state index < -0.39 is 0 Å². The lowest BCUT2D eigenvalue weighted by Gasteiger charge is -2.12. The number of aryl methyl sites for hydroxylation is 1. The Balaban J connectivity index is 2.19. The molecule has 0 atom stereocenters. The van der Waals surface area contributed by atoms with Gasteiger partial charge in [0.2, 0.25) is 6.41 Å². The number of amides is 1. The van der Waals surface area contributed by atoms with Gasteiger partial charge < -0.3 is 16.4 Å². The third kappa shape index (κ3) is 2.93. The van der Waals surface area contributed by atoms with E-state index in [0.717, 1.165) is 40.8 Å². The molecule has 0 saturated carbocycles. The molecule has 0 aliphatic carbocycles. The van der Waals surface area contributed by atoms with Crippen LogP contribution in [0.4, 0.5) is 11.5 Å². The number of hydrogen-bond acceptors (Lipinski definition) is 4. The molecule has 2 rings (SSSR count). The topological polar surface area (TPSA) is 80.0 Å². The van der Waals surface area contributed by atoms with E-state index in [9.17, 15) is 4.79 Å². The minimum atomic E-state index is 0.655. The van der Waals surface area contributed by atoms with Crippen LogP contribution < -0.4 is 16.4 Å². The Kier molecular flexibility index (Phi) is 4.18. The van der Waals surface area contributed by atoms with E-state index in [0.29, 0.717) is 13.0 Å². The summed E-state index contributed by atoms with van der Waals surface area (Å²) in [4.78, 5) is 14.5. The molecule has 0 aliphatic rings. The van der Waals surface area contributed by atoms with Crippen molar-refractivity contribution in [3.05, 3.63) is 30.0 Å². The maximum Gasteiger partial charge on any atom is 0.207 e. The number of fused-ring (bicyclic) bond motifs is 1. The average Bonchev–Trinajstić information content (AvgIpc) is 2.43. The minimum Gasteiger partial charge on any atom is -0.398 e. The molecule has 4 N–H and O–H groups in total. The van der Waals surface area contributed by atoms with Crippen molar-refractivity contribution in [3.8, 4) is 0 Å². The lowest BCUT2D eigenvalue weighted by Crippen LogP contribution is -2.16. The third-order valence-electron chi connectivity index (χ3n) is 3.04. The van der Waals surface area contributed by atoms with Crippen molar-refractivity contribution in [2.45, 2.75) is 13.3 Å². The Bertz CT molecular complexity index is 583. The molecular formula is C14H18N4O. The van der Waals surface area contributed by atoms with Crippen LogP contribution in [0.2, 0.25) is 0 Å². The standard InChI is InChI=1S/C14H18N4O/c1-10-3-4-12(15)11-5-8-18-14(13(10)11)17-7-2-6-16-9-19/h3-5,8-9H,2,6-7,15H2,1H3,(H,16,19)(H,17,18). The molecule has 0 radical (unpaired) electrons. The zero-order valence-electron chi connectivity index (χ0n) is 10.9. The Morgan fingerprint density at radius 2 is 2.16 bits per heavy atom. The number of pyridine rings is 1. The van der Waals surface area contributed by atoms with Gasteiger partial charge in [0.15, 0.2) is 0 Å². The van der Waals surface area contributed by atoms with Crippen LogP contribution >= 0.6 is 0 Å². The zero-order chi connectivity index (χ0) is 13.7. The van der Waals surface area contributed by atoms with Gasteiger partial charge in [-0.1, -0.05) is 6.07 Å². The average molecular weight is 258 g/mol. The van der Waals surface area contributed by atoms with Crippen molar-refractivity contribution in [1.82, 2.24) is 10.3 Å². The zero-order valence-corrected chi connectivity index (χ0v) is 10.9. The minimum absolute atomic E-state index is 0.655. The Labute approximate surface area is 112 Å². The molecule has 0 spiro atoms. The van der Waals surface area contributed by atoms with Gasteiger partial charge >= 0.3 is 0 Å². The van der Waals surface area contributed by atoms with Crippen molar-refractivity contribution in [2.75, 3.05) is 24.1 Å². The van der Waals surface area contributed by atoms with Crippen LogP contribution in [0.3, 0.4) is 0 Å². The fourth-order valence-electron chi connectivity index (χ4n) is 2.08. The predicted molar refractivity (Wildman–Crippen MR) is 78.1 cm³/mol. The number of carbonyl (C=O) groups is 1. The van der Waals surface area contributed by atoms with Crippen molar-refractivity contribution < 1.29 is 4.79 Å². The first kappa shape index (κ1) is 13.1. The van der Waals surface area contributed by atoms with E-state index in [1.807, 2.05) is 25.1 Å². The van der Waals surface area contributed by atoms with Crippen LogP contribution in [0.15, 0.2) is 24.4 Å². The molecule has 0 aliphatic heterocycles. The van der Waals surface area contributed by atoms with Crippen LogP contribution in [-0.2, 0) is 4.79 Å². The molecule has 5 nitrogen and oxygen atoms in total. The van der Waals surface area contributed by atoms with Crippen molar-refractivity contribution in [1.29, 1.82) is 0 Å². The maximum absolute atomic E-state index is 10.1. The molecular weight excluding hydrogens is 240 g/mol. The lowest BCUT2D eigenvalue weighted by atomic mass is 10.1. The summed E-state index contributed by atoms with van der Waals surface area (Å²) in [5.74, 6) is 0.841. The van der Waals surface area contributed by atoms with Gasteiger partial charge in [0.25, 0.3) is 0 Å². The molecule has 100 valence electrons. The number of nitrogens with one attached hydrogen (secondary N) is 2. The predicted octanol–water partition coefficient (Wildman–Crippen LogP) is 1.67. The van der Waals surface area contributed by atoms with E-state index in [4.69, 9.17) is 5.73 Å². The summed E-state index contributed by atoms with van der Waals surface area (Å²) in [6.45, 7) is 3.45. The molecule has 1 aromatic carbocycles. The number of nitrogen functional groups attached to an aromatic ring is 1. The molecule has 0 fully saturated rings. The van der Waals surface area contributed by atoms with E-state index in [-0.39, 0.29) is 0 Å². The second-order valence-electron chi connectivity index (χ2n) is 4.41. The maximum atomic E-state index is 10.1. The van der Waals surface area contributed by atoms with Gasteiger partial charge in [-0.05, 0) is 31.0 Å². The lowest BCUT2D eigenvalue weighted by molar-refractivity contribution is -0.109. The second kappa shape index (κ2) is 6.04. The van der Waals surface area contributed by atoms with Crippen LogP contribution in [0.5, 0.6) is 0 Å². The van der Waals surface area contributed by atoms with Gasteiger partial charge in [-0.25, -0.2) is 4.98 Å². The first-order valence-corrected chi connectivity index (χ1v) is 6.28. The normalized spacial score (nSPS) is 10.4. The summed E-state index contributed by atoms with van der Waals surface area (Å²) in [6.07, 6.45) is 3.31. The Morgan fingerprint density at radius 3 is 2.95 bits per heavy atom. The highest BCUT2D eigenvalue weighted by atomic mass is 16.1. The number of nitrogens with two attached hydrogens (primary N) is 1. The van der Waals surface area contributed by atoms with Gasteiger partial charge in [0, 0.05) is 35.7 Å². The molecule has 19 heavy (non-hydrogen) atoms. The van der Waals surface area contributed by atoms with E-state index in [1.54, 1.807) is 6.20 Å². The number of benzene rings is 1. The molecule has 5 heteroatoms. The molecule has 2 aromatic rings. The third-order valence-corrected chi connectivity index (χ3v) is 3.04. The monoisotopic (exact) mass is 258 g/mol. The van der Waals surface area contributed by atoms with E-state index >= 15 is 0 Å². The summed E-state index contributed by atoms with van der Waals surface area (Å²) in [6, 6.07) is 5.84. The van der Waals surface area contributed by atoms with Gasteiger partial charge in [0.1, 0.15) is 5.82 Å². The summed E-state index contributed by atoms with van der Waals surface area (Å²) in [5, 5.41) is 8.00. The summed E-state index contributed by atoms with van der Waals surface area (Å²) < 4.78 is 0. The Hall–Kier alpha value is -2.30. The molecule has 0 saturated heterocycles. The molecule has 1 aromatic heterocycles. The van der Waals surface area contributed by atoms with E-state index in [2.05, 4.69) is 15.6 Å². The smallest absolute Gasteiger partial charge is 0.207 e. The molecule has 0 unspecified atom stereocenters. The second-order valence-corrected chi connectivity index (χ2v) is 4.41. The highest BCUT2D eigenvalue weighted by molar-refractivity contribution is 6.01. The number of rotatable bonds is 6.